The first-order chi connectivity index (χ1) is 11.0. The Morgan fingerprint density at radius 2 is 1.39 bits per heavy atom. The minimum absolute atomic E-state index is 0.103. The summed E-state index contributed by atoms with van der Waals surface area (Å²) in [6.07, 6.45) is 0. The lowest BCUT2D eigenvalue weighted by Crippen LogP contribution is -2.48. The molecule has 0 bridgehead atoms. The highest BCUT2D eigenvalue weighted by molar-refractivity contribution is 6.21. The summed E-state index contributed by atoms with van der Waals surface area (Å²) in [5.74, 6) is -4.79. The zero-order valence-electron chi connectivity index (χ0n) is 11.8. The van der Waals surface area contributed by atoms with E-state index in [1.165, 1.54) is 24.3 Å². The predicted molar refractivity (Wildman–Crippen MR) is 77.0 cm³/mol. The van der Waals surface area contributed by atoms with Gasteiger partial charge in [0, 0.05) is 0 Å². The minimum Gasteiger partial charge on any atom is -0.449 e. The number of carbonyl (C=O) groups is 3. The predicted octanol–water partition coefficient (Wildman–Crippen LogP) is 2.22. The van der Waals surface area contributed by atoms with Crippen molar-refractivity contribution in [3.8, 4) is 5.75 Å². The summed E-state index contributed by atoms with van der Waals surface area (Å²) >= 11 is 0. The molecular weight excluding hydrogens is 301 g/mol. The lowest BCUT2D eigenvalue weighted by atomic mass is 10.1. The smallest absolute Gasteiger partial charge is 0.329 e. The molecule has 0 aliphatic carbocycles. The summed E-state index contributed by atoms with van der Waals surface area (Å²) < 4.78 is 20.1. The van der Waals surface area contributed by atoms with Crippen molar-refractivity contribution in [3.05, 3.63) is 65.2 Å². The normalized spacial score (nSPS) is 22.1. The third kappa shape index (κ3) is 1.81. The standard InChI is InChI=1S/C17H10FNO4/c18-17(14(20)12-7-3-4-8-13(12)23-17)9-19-15(21)10-5-1-2-6-11(10)16(19)22/h1-8H,9H2. The zero-order chi connectivity index (χ0) is 16.2. The molecule has 4 rings (SSSR count). The average molecular weight is 311 g/mol. The summed E-state index contributed by atoms with van der Waals surface area (Å²) in [6, 6.07) is 12.3. The maximum absolute atomic E-state index is 15.0. The van der Waals surface area contributed by atoms with Crippen molar-refractivity contribution in [3.63, 3.8) is 0 Å². The van der Waals surface area contributed by atoms with Crippen LogP contribution in [0.5, 0.6) is 5.75 Å². The fourth-order valence-electron chi connectivity index (χ4n) is 2.86. The van der Waals surface area contributed by atoms with Crippen LogP contribution >= 0.6 is 0 Å². The van der Waals surface area contributed by atoms with Crippen molar-refractivity contribution in [2.45, 2.75) is 5.85 Å². The number of nitrogens with zero attached hydrogens (tertiary/aromatic N) is 1. The lowest BCUT2D eigenvalue weighted by Gasteiger charge is -2.23. The van der Waals surface area contributed by atoms with Crippen molar-refractivity contribution in [2.24, 2.45) is 0 Å². The van der Waals surface area contributed by atoms with Crippen LogP contribution < -0.4 is 4.74 Å². The summed E-state index contributed by atoms with van der Waals surface area (Å²) in [5, 5.41) is 0. The molecule has 0 saturated heterocycles. The van der Waals surface area contributed by atoms with Crippen molar-refractivity contribution in [2.75, 3.05) is 6.54 Å². The molecule has 2 aromatic rings. The average Bonchev–Trinajstić information content (AvgIpc) is 2.95. The second-order valence-corrected chi connectivity index (χ2v) is 5.40. The highest BCUT2D eigenvalue weighted by atomic mass is 19.2. The molecule has 0 saturated carbocycles. The number of para-hydroxylation sites is 1. The zero-order valence-corrected chi connectivity index (χ0v) is 11.8. The van der Waals surface area contributed by atoms with E-state index in [0.717, 1.165) is 0 Å². The number of halogens is 1. The molecule has 2 aliphatic rings. The molecule has 5 nitrogen and oxygen atoms in total. The van der Waals surface area contributed by atoms with Crippen LogP contribution in [0, 0.1) is 0 Å². The summed E-state index contributed by atoms with van der Waals surface area (Å²) in [6.45, 7) is -0.771. The summed E-state index contributed by atoms with van der Waals surface area (Å²) in [7, 11) is 0. The molecule has 0 radical (unpaired) electrons. The molecule has 114 valence electrons. The highest BCUT2D eigenvalue weighted by Gasteiger charge is 2.53. The van der Waals surface area contributed by atoms with E-state index >= 15 is 4.39 Å². The van der Waals surface area contributed by atoms with Gasteiger partial charge in [0.25, 0.3) is 11.8 Å². The van der Waals surface area contributed by atoms with Crippen molar-refractivity contribution in [1.82, 2.24) is 4.90 Å². The van der Waals surface area contributed by atoms with E-state index in [-0.39, 0.29) is 22.4 Å². The summed E-state index contributed by atoms with van der Waals surface area (Å²) in [5.41, 5.74) is 0.500. The Bertz CT molecular complexity index is 843. The van der Waals surface area contributed by atoms with Crippen LogP contribution in [-0.4, -0.2) is 34.9 Å². The first-order valence-electron chi connectivity index (χ1n) is 6.98. The van der Waals surface area contributed by atoms with Crippen LogP contribution in [0.4, 0.5) is 4.39 Å². The Kier molecular flexibility index (Phi) is 2.66. The second kappa shape index (κ2) is 4.49. The number of benzene rings is 2. The van der Waals surface area contributed by atoms with E-state index < -0.39 is 30.0 Å². The second-order valence-electron chi connectivity index (χ2n) is 5.40. The van der Waals surface area contributed by atoms with Gasteiger partial charge in [-0.25, -0.2) is 0 Å². The van der Waals surface area contributed by atoms with Gasteiger partial charge in [0.05, 0.1) is 16.7 Å². The van der Waals surface area contributed by atoms with E-state index in [1.807, 2.05) is 0 Å². The number of Topliss-reactive ketones (excluding diaryl/α,β-unsaturated/α-hetero) is 1. The Balaban J connectivity index is 1.67. The lowest BCUT2D eigenvalue weighted by molar-refractivity contribution is -0.0364. The highest BCUT2D eigenvalue weighted by Crippen LogP contribution is 2.37. The largest absolute Gasteiger partial charge is 0.449 e. The maximum atomic E-state index is 15.0. The van der Waals surface area contributed by atoms with Gasteiger partial charge >= 0.3 is 5.85 Å². The Hall–Kier alpha value is -3.02. The van der Waals surface area contributed by atoms with Gasteiger partial charge in [-0.2, -0.15) is 4.39 Å². The van der Waals surface area contributed by atoms with Crippen molar-refractivity contribution < 1.29 is 23.5 Å². The van der Waals surface area contributed by atoms with Gasteiger partial charge in [-0.1, -0.05) is 24.3 Å². The molecule has 2 amide bonds. The number of alkyl halides is 1. The minimum atomic E-state index is -2.75. The Morgan fingerprint density at radius 3 is 1.96 bits per heavy atom. The number of ketones is 1. The van der Waals surface area contributed by atoms with Crippen LogP contribution in [0.15, 0.2) is 48.5 Å². The van der Waals surface area contributed by atoms with E-state index in [0.29, 0.717) is 4.90 Å². The number of imide groups is 1. The SMILES string of the molecule is O=C1c2ccccc2C(=O)N1CC1(F)Oc2ccccc2C1=O. The van der Waals surface area contributed by atoms with Gasteiger partial charge in [0.2, 0.25) is 5.78 Å². The Labute approximate surface area is 130 Å². The topological polar surface area (TPSA) is 63.7 Å². The monoisotopic (exact) mass is 311 g/mol. The molecule has 1 unspecified atom stereocenters. The van der Waals surface area contributed by atoms with Crippen molar-refractivity contribution >= 4 is 17.6 Å². The molecule has 0 N–H and O–H groups in total. The number of hydrogen-bond donors (Lipinski definition) is 0. The van der Waals surface area contributed by atoms with E-state index in [1.54, 1.807) is 24.3 Å². The molecular formula is C17H10FNO4. The van der Waals surface area contributed by atoms with Crippen molar-refractivity contribution in [1.29, 1.82) is 0 Å². The number of amides is 2. The maximum Gasteiger partial charge on any atom is 0.329 e. The van der Waals surface area contributed by atoms with Crippen LogP contribution in [0.1, 0.15) is 31.1 Å². The fraction of sp³-hybridized carbons (Fsp3) is 0.118. The van der Waals surface area contributed by atoms with E-state index in [9.17, 15) is 14.4 Å². The third-order valence-electron chi connectivity index (χ3n) is 3.98. The first-order valence-corrected chi connectivity index (χ1v) is 6.98. The molecule has 0 fully saturated rings. The van der Waals surface area contributed by atoms with E-state index in [2.05, 4.69) is 0 Å². The molecule has 2 heterocycles. The summed E-state index contributed by atoms with van der Waals surface area (Å²) in [4.78, 5) is 37.5. The van der Waals surface area contributed by atoms with Crippen LogP contribution in [0.3, 0.4) is 0 Å². The molecule has 1 atom stereocenters. The van der Waals surface area contributed by atoms with Crippen LogP contribution in [0.2, 0.25) is 0 Å². The third-order valence-corrected chi connectivity index (χ3v) is 3.98. The number of hydrogen-bond acceptors (Lipinski definition) is 4. The van der Waals surface area contributed by atoms with Gasteiger partial charge < -0.3 is 4.74 Å². The van der Waals surface area contributed by atoms with Gasteiger partial charge in [-0.3, -0.25) is 19.3 Å². The molecule has 0 spiro atoms. The van der Waals surface area contributed by atoms with Gasteiger partial charge in [-0.05, 0) is 24.3 Å². The molecule has 2 aliphatic heterocycles. The number of ether oxygens (including phenoxy) is 1. The number of rotatable bonds is 2. The fourth-order valence-corrected chi connectivity index (χ4v) is 2.86. The molecule has 23 heavy (non-hydrogen) atoms. The van der Waals surface area contributed by atoms with Gasteiger partial charge in [0.15, 0.2) is 0 Å². The quantitative estimate of drug-likeness (QED) is 0.798. The molecule has 0 aromatic heterocycles. The van der Waals surface area contributed by atoms with Gasteiger partial charge in [0.1, 0.15) is 12.3 Å². The molecule has 6 heteroatoms. The first kappa shape index (κ1) is 13.6. The number of fused-ring (bicyclic) bond motifs is 2. The van der Waals surface area contributed by atoms with Crippen LogP contribution in [-0.2, 0) is 0 Å². The number of carbonyl (C=O) groups excluding carboxylic acids is 3. The van der Waals surface area contributed by atoms with E-state index in [4.69, 9.17) is 4.74 Å². The van der Waals surface area contributed by atoms with Crippen LogP contribution in [0.25, 0.3) is 0 Å². The molecule has 2 aromatic carbocycles. The Morgan fingerprint density at radius 1 is 0.870 bits per heavy atom. The van der Waals surface area contributed by atoms with Gasteiger partial charge in [-0.15, -0.1) is 0 Å².